The summed E-state index contributed by atoms with van der Waals surface area (Å²) in [7, 11) is 4.18. The third-order valence-electron chi connectivity index (χ3n) is 25.3. The van der Waals surface area contributed by atoms with E-state index in [1.807, 2.05) is 13.8 Å². The number of aromatic amines is 1. The van der Waals surface area contributed by atoms with E-state index in [0.29, 0.717) is 82.8 Å². The number of ether oxygens (including phenoxy) is 1. The van der Waals surface area contributed by atoms with E-state index in [9.17, 15) is 63.3 Å². The van der Waals surface area contributed by atoms with Gasteiger partial charge in [0, 0.05) is 119 Å². The predicted octanol–water partition coefficient (Wildman–Crippen LogP) is -0.171. The molecule has 9 rings (SSSR count). The van der Waals surface area contributed by atoms with E-state index in [4.69, 9.17) is 27.7 Å². The molecule has 3 aromatic carbocycles. The van der Waals surface area contributed by atoms with Gasteiger partial charge in [-0.15, -0.1) is 0 Å². The van der Waals surface area contributed by atoms with Gasteiger partial charge in [0.2, 0.25) is 88.6 Å². The Morgan fingerprint density at radius 1 is 0.530 bits per heavy atom. The fourth-order valence-electron chi connectivity index (χ4n) is 18.1. The third kappa shape index (κ3) is 28.1. The van der Waals surface area contributed by atoms with Crippen molar-refractivity contribution in [1.29, 1.82) is 0 Å². The van der Waals surface area contributed by atoms with E-state index in [1.54, 1.807) is 92.8 Å². The average Bonchev–Trinajstić information content (AvgIpc) is 1.62. The fraction of sp³-hybridized carbons (Fsp3) is 0.570. The smallest absolute Gasteiger partial charge is 0.323 e. The molecule has 41 heteroatoms. The first kappa shape index (κ1) is 105. The number of amides is 15. The number of nitrogens with two attached hydrogens (primary N) is 4. The van der Waals surface area contributed by atoms with Crippen LogP contribution in [0.25, 0.3) is 21.8 Å². The molecule has 2 aromatic heterocycles. The number of methoxy groups -OCH3 is 1. The summed E-state index contributed by atoms with van der Waals surface area (Å²) >= 11 is 0. The van der Waals surface area contributed by atoms with E-state index >= 15 is 38.4 Å². The summed E-state index contributed by atoms with van der Waals surface area (Å²) in [5.74, 6) is -18.4. The molecular weight excluding hydrogens is 1740 g/mol. The van der Waals surface area contributed by atoms with Crippen LogP contribution in [0.5, 0.6) is 5.75 Å². The maximum atomic E-state index is 15.9. The van der Waals surface area contributed by atoms with Crippen molar-refractivity contribution in [1.82, 2.24) is 76.6 Å². The van der Waals surface area contributed by atoms with Crippen molar-refractivity contribution in [2.45, 2.75) is 273 Å². The number of H-pyrrole nitrogens is 1. The van der Waals surface area contributed by atoms with Gasteiger partial charge >= 0.3 is 11.9 Å². The lowest BCUT2D eigenvalue weighted by molar-refractivity contribution is -0.149. The Kier molecular flexibility index (Phi) is 38.9. The highest BCUT2D eigenvalue weighted by Gasteiger charge is 2.47. The zero-order chi connectivity index (χ0) is 97.9. The van der Waals surface area contributed by atoms with Gasteiger partial charge in [-0.1, -0.05) is 102 Å². The molecule has 0 spiro atoms. The summed E-state index contributed by atoms with van der Waals surface area (Å²) in [5.41, 5.74) is 26.6. The number of nitrogens with zero attached hydrogens (tertiary/aromatic N) is 6. The monoisotopic (exact) mass is 1870 g/mol. The molecule has 730 valence electrons. The number of hydrogen-bond donors (Lipinski definition) is 16. The van der Waals surface area contributed by atoms with Gasteiger partial charge in [0.15, 0.2) is 5.78 Å². The van der Waals surface area contributed by atoms with Crippen LogP contribution in [0.4, 0.5) is 0 Å². The number of unbranched alkanes of at least 4 members (excludes halogenated alkanes) is 2. The number of carboxylic acid groups (broad SMARTS) is 2. The van der Waals surface area contributed by atoms with Crippen molar-refractivity contribution < 1.29 is 106 Å². The second-order valence-electron chi connectivity index (χ2n) is 35.6. The van der Waals surface area contributed by atoms with E-state index < -0.39 is 249 Å². The molecule has 20 N–H and O–H groups in total. The number of fused-ring (bicyclic) bond motifs is 5. The number of ketones is 1. The Labute approximate surface area is 776 Å². The van der Waals surface area contributed by atoms with Crippen LogP contribution in [0.2, 0.25) is 0 Å². The normalized spacial score (nSPS) is 25.5. The summed E-state index contributed by atoms with van der Waals surface area (Å²) < 4.78 is 6.81. The molecule has 134 heavy (non-hydrogen) atoms. The van der Waals surface area contributed by atoms with Crippen molar-refractivity contribution in [3.63, 3.8) is 0 Å². The lowest BCUT2D eigenvalue weighted by Crippen LogP contribution is -2.62. The van der Waals surface area contributed by atoms with Crippen LogP contribution in [0.3, 0.4) is 0 Å². The van der Waals surface area contributed by atoms with Crippen LogP contribution in [-0.2, 0) is 112 Å². The molecule has 4 saturated heterocycles. The predicted molar refractivity (Wildman–Crippen MR) is 489 cm³/mol. The van der Waals surface area contributed by atoms with E-state index in [1.165, 1.54) is 41.8 Å². The Balaban J connectivity index is 1.10. The fourth-order valence-corrected chi connectivity index (χ4v) is 18.1. The maximum Gasteiger partial charge on any atom is 0.323 e. The van der Waals surface area contributed by atoms with E-state index in [-0.39, 0.29) is 109 Å². The first-order chi connectivity index (χ1) is 63.9. The number of carbonyl (C=O) groups excluding carboxylic acids is 16. The summed E-state index contributed by atoms with van der Waals surface area (Å²) in [5, 5.41) is 54.2. The number of aliphatic hydroxyl groups is 1. The third-order valence-corrected chi connectivity index (χ3v) is 25.3. The number of aliphatic carboxylic acids is 2. The zero-order valence-electron chi connectivity index (χ0n) is 77.1. The Morgan fingerprint density at radius 2 is 1.10 bits per heavy atom. The summed E-state index contributed by atoms with van der Waals surface area (Å²) in [4.78, 5) is 271. The number of carboxylic acids is 2. The van der Waals surface area contributed by atoms with Crippen molar-refractivity contribution in [2.75, 3.05) is 53.9 Å². The summed E-state index contributed by atoms with van der Waals surface area (Å²) in [6, 6.07) is 0.599. The van der Waals surface area contributed by atoms with Crippen LogP contribution < -0.4 is 70.2 Å². The van der Waals surface area contributed by atoms with Crippen LogP contribution in [0.1, 0.15) is 179 Å². The molecule has 0 unspecified atom stereocenters. The van der Waals surface area contributed by atoms with Gasteiger partial charge in [-0.25, -0.2) is 0 Å². The second kappa shape index (κ2) is 49.7. The van der Waals surface area contributed by atoms with Crippen LogP contribution in [0, 0.1) is 11.8 Å². The van der Waals surface area contributed by atoms with Gasteiger partial charge < -0.3 is 120 Å². The lowest BCUT2D eigenvalue weighted by atomic mass is 9.90. The van der Waals surface area contributed by atoms with Gasteiger partial charge in [-0.2, -0.15) is 0 Å². The molecule has 0 bridgehead atoms. The second-order valence-corrected chi connectivity index (χ2v) is 35.6. The van der Waals surface area contributed by atoms with Crippen molar-refractivity contribution in [3.8, 4) is 5.75 Å². The standard InChI is InChI=1S/C93H131N19O22/c1-8-10-24-71-86(126)103-65(40-52(3)4)84(124)100-62(81(97)121)23-18-29-78(116)99-66(41-53-30-32-58(134-7)33-31-53)91(131)110-38-17-16-27-72(110)87(127)105-68(46-77(96)115)92(132)111-39-19-28-73(111)88(128)106-69(47-95)85(125)102-64(34-35-79(117)118)90(130)112-50-57(113)45-75(112)76(114)44-54(42-55-48-98-61-22-14-12-20-59(55)61)82(122)101-63(36-37-94)83(123)104-67(89(129)108(6)74(25-11-9-2)93(133)107(71)5)43-56-49-109(51-80(119)120)70-26-15-13-21-60(56)70/h12-15,20-22,26,30-33,48-49,52,54,57,62-69,71-75,98,113H,8-11,16-19,23-25,27-29,34-47,50-51,94-95H2,1-7H3,(H2,96,115)(H2,97,121)(H,99,116)(H,100,124)(H,101,122)(H,102,125)(H,103,126)(H,104,123)(H,105,127)(H,106,128)(H,117,118)(H,119,120)/t54-,57-,62+,63+,64+,65+,66+,67+,68+,69+,71+,72+,73+,74+,75+/m1/s1. The largest absolute Gasteiger partial charge is 0.497 e. The van der Waals surface area contributed by atoms with Gasteiger partial charge in [0.25, 0.3) is 0 Å². The molecule has 4 fully saturated rings. The number of Topliss-reactive ketones (excluding diaryl/α,β-unsaturated/α-hetero) is 1. The highest BCUT2D eigenvalue weighted by molar-refractivity contribution is 6.02. The number of piperidine rings is 1. The first-order valence-corrected chi connectivity index (χ1v) is 46.1. The van der Waals surface area contributed by atoms with Crippen molar-refractivity contribution in [3.05, 3.63) is 102 Å². The number of hydrogen-bond acceptors (Lipinski definition) is 22. The molecule has 5 aromatic rings. The van der Waals surface area contributed by atoms with Gasteiger partial charge in [-0.05, 0) is 137 Å². The molecule has 4 aliphatic rings. The molecule has 6 heterocycles. The number of aromatic nitrogens is 2. The number of para-hydroxylation sites is 2. The molecule has 15 atom stereocenters. The minimum absolute atomic E-state index is 0.00281. The van der Waals surface area contributed by atoms with Crippen molar-refractivity contribution in [2.24, 2.45) is 34.8 Å². The maximum absolute atomic E-state index is 15.9. The first-order valence-electron chi connectivity index (χ1n) is 46.1. The molecule has 0 saturated carbocycles. The number of likely N-dealkylation sites (N-methyl/N-ethyl adjacent to an activating group) is 2. The number of rotatable bonds is 26. The molecule has 0 aliphatic carbocycles. The van der Waals surface area contributed by atoms with Gasteiger partial charge in [0.1, 0.15) is 84.8 Å². The van der Waals surface area contributed by atoms with Crippen LogP contribution in [0.15, 0.2) is 85.2 Å². The highest BCUT2D eigenvalue weighted by atomic mass is 16.5. The minimum atomic E-state index is -1.81. The molecular formula is C93H131N19O22. The minimum Gasteiger partial charge on any atom is -0.497 e. The zero-order valence-corrected chi connectivity index (χ0v) is 77.1. The quantitative estimate of drug-likeness (QED) is 0.0342. The number of aliphatic hydroxyl groups excluding tert-OH is 1. The molecule has 15 amide bonds. The highest BCUT2D eigenvalue weighted by Crippen LogP contribution is 2.31. The van der Waals surface area contributed by atoms with Gasteiger partial charge in [-0.3, -0.25) is 86.3 Å². The average molecular weight is 1870 g/mol. The number of benzene rings is 3. The van der Waals surface area contributed by atoms with Crippen LogP contribution >= 0.6 is 0 Å². The Hall–Kier alpha value is -12.9. The Bertz CT molecular complexity index is 5060. The number of primary amides is 2. The number of nitrogens with one attached hydrogen (secondary N) is 9. The van der Waals surface area contributed by atoms with Gasteiger partial charge in [0.05, 0.1) is 25.7 Å². The van der Waals surface area contributed by atoms with E-state index in [0.717, 1.165) is 14.7 Å². The topological polar surface area (TPSA) is 614 Å². The van der Waals surface area contributed by atoms with Crippen molar-refractivity contribution >= 4 is 128 Å². The number of carbonyl (C=O) groups is 18. The van der Waals surface area contributed by atoms with Crippen LogP contribution in [-0.4, -0.2) is 294 Å². The summed E-state index contributed by atoms with van der Waals surface area (Å²) in [6.45, 7) is 5.10. The molecule has 0 radical (unpaired) electrons. The molecule has 4 aliphatic heterocycles. The Morgan fingerprint density at radius 3 is 1.74 bits per heavy atom. The SMILES string of the molecule is CCCC[C@H]1C(=O)N(C)[C@@H](CCCC)C(=O)N[C@@H](CC(C)C)C(=O)N[C@H](C(N)=O)CCCC(=O)N[C@@H](Cc2ccc(OC)cc2)C(=O)N2CCCC[C@H]2C(=O)N[C@@H](CC(N)=O)C(=O)N2CCC[C@H]2C(=O)N[C@@H](CN)C(=O)N[C@@H](CCC(=O)O)C(=O)N2C[C@H](O)C[C@H]2C(=O)C[C@@H](Cc2c[nH]c3ccccc23)C(=O)N[C@@H](CCN)C(=O)N[C@@H](Cc2cn(CC(=O)O)c3ccccc23)C(=O)N1C. The van der Waals surface area contributed by atoms with E-state index in [2.05, 4.69) is 47.5 Å². The molecule has 41 nitrogen and oxygen atoms in total. The summed E-state index contributed by atoms with van der Waals surface area (Å²) in [6.07, 6.45) is -0.701. The lowest BCUT2D eigenvalue weighted by Gasteiger charge is -2.38.